The highest BCUT2D eigenvalue weighted by atomic mass is 16.5. The summed E-state index contributed by atoms with van der Waals surface area (Å²) in [4.78, 5) is 0. The van der Waals surface area contributed by atoms with Gasteiger partial charge in [-0.2, -0.15) is 0 Å². The van der Waals surface area contributed by atoms with Gasteiger partial charge in [-0.1, -0.05) is 38.0 Å². The topological polar surface area (TPSA) is 52.1 Å². The molecule has 2 heterocycles. The Morgan fingerprint density at radius 1 is 0.722 bits per heavy atom. The van der Waals surface area contributed by atoms with Gasteiger partial charge in [0.2, 0.25) is 0 Å². The Morgan fingerprint density at radius 3 is 1.28 bits per heavy atom. The first-order valence-corrected chi connectivity index (χ1v) is 6.62. The van der Waals surface area contributed by atoms with E-state index < -0.39 is 0 Å². The Kier molecular flexibility index (Phi) is 6.19. The number of nitrogens with zero attached hydrogens (tertiary/aromatic N) is 2. The van der Waals surface area contributed by atoms with E-state index in [1.165, 1.54) is 0 Å². The highest BCUT2D eigenvalue weighted by molar-refractivity contribution is 5.04. The Hall–Kier alpha value is -1.58. The molecule has 2 rings (SSSR count). The van der Waals surface area contributed by atoms with Crippen molar-refractivity contribution in [2.24, 2.45) is 0 Å². The molecule has 0 saturated carbocycles. The molecule has 0 fully saturated rings. The molecule has 0 atom stereocenters. The average Bonchev–Trinajstić information content (AvgIpc) is 3.07. The first-order valence-electron chi connectivity index (χ1n) is 6.62. The van der Waals surface area contributed by atoms with Gasteiger partial charge in [0, 0.05) is 25.0 Å². The molecule has 0 aliphatic rings. The second-order valence-electron chi connectivity index (χ2n) is 3.98. The molecule has 4 heteroatoms. The maximum absolute atomic E-state index is 4.95. The summed E-state index contributed by atoms with van der Waals surface area (Å²) in [5, 5.41) is 7.66. The van der Waals surface area contributed by atoms with E-state index in [4.69, 9.17) is 9.05 Å². The van der Waals surface area contributed by atoms with Crippen molar-refractivity contribution >= 4 is 0 Å². The van der Waals surface area contributed by atoms with E-state index in [1.807, 2.05) is 12.1 Å². The minimum atomic E-state index is 0.938. The molecule has 0 N–H and O–H groups in total. The zero-order valence-corrected chi connectivity index (χ0v) is 11.7. The van der Waals surface area contributed by atoms with E-state index >= 15 is 0 Å². The SMILES string of the molecule is CCc1cc(CC)on1.CCc1cc(CC)on1. The maximum Gasteiger partial charge on any atom is 0.136 e. The number of hydrogen-bond donors (Lipinski definition) is 0. The zero-order valence-electron chi connectivity index (χ0n) is 11.7. The fourth-order valence-electron chi connectivity index (χ4n) is 1.38. The number of rotatable bonds is 4. The molecule has 0 bridgehead atoms. The predicted molar refractivity (Wildman–Crippen MR) is 70.5 cm³/mol. The molecule has 0 aliphatic heterocycles. The van der Waals surface area contributed by atoms with Gasteiger partial charge in [-0.15, -0.1) is 0 Å². The van der Waals surface area contributed by atoms with Gasteiger partial charge in [-0.25, -0.2) is 0 Å². The van der Waals surface area contributed by atoms with Crippen LogP contribution in [0.4, 0.5) is 0 Å². The van der Waals surface area contributed by atoms with Gasteiger partial charge in [0.05, 0.1) is 11.4 Å². The van der Waals surface area contributed by atoms with Gasteiger partial charge < -0.3 is 9.05 Å². The van der Waals surface area contributed by atoms with Crippen molar-refractivity contribution < 1.29 is 9.05 Å². The van der Waals surface area contributed by atoms with Crippen LogP contribution in [-0.4, -0.2) is 10.3 Å². The van der Waals surface area contributed by atoms with E-state index in [-0.39, 0.29) is 0 Å². The van der Waals surface area contributed by atoms with E-state index in [0.29, 0.717) is 0 Å². The van der Waals surface area contributed by atoms with Gasteiger partial charge in [-0.05, 0) is 12.8 Å². The summed E-state index contributed by atoms with van der Waals surface area (Å²) in [7, 11) is 0. The first kappa shape index (κ1) is 14.5. The quantitative estimate of drug-likeness (QED) is 0.832. The van der Waals surface area contributed by atoms with Crippen molar-refractivity contribution in [2.45, 2.75) is 53.4 Å². The van der Waals surface area contributed by atoms with Crippen molar-refractivity contribution in [3.05, 3.63) is 35.0 Å². The van der Waals surface area contributed by atoms with E-state index in [9.17, 15) is 0 Å². The molecule has 18 heavy (non-hydrogen) atoms. The minimum Gasteiger partial charge on any atom is -0.361 e. The van der Waals surface area contributed by atoms with Crippen LogP contribution >= 0.6 is 0 Å². The summed E-state index contributed by atoms with van der Waals surface area (Å²) in [6.45, 7) is 8.24. The lowest BCUT2D eigenvalue weighted by Gasteiger charge is -1.77. The lowest BCUT2D eigenvalue weighted by molar-refractivity contribution is 0.381. The molecule has 0 aromatic carbocycles. The van der Waals surface area contributed by atoms with Crippen LogP contribution in [0, 0.1) is 0 Å². The fourth-order valence-corrected chi connectivity index (χ4v) is 1.38. The Morgan fingerprint density at radius 2 is 1.11 bits per heavy atom. The third-order valence-electron chi connectivity index (χ3n) is 2.64. The van der Waals surface area contributed by atoms with Gasteiger partial charge in [0.15, 0.2) is 0 Å². The van der Waals surface area contributed by atoms with Crippen molar-refractivity contribution in [1.82, 2.24) is 10.3 Å². The monoisotopic (exact) mass is 250 g/mol. The van der Waals surface area contributed by atoms with Gasteiger partial charge in [0.1, 0.15) is 11.5 Å². The molecule has 2 aromatic heterocycles. The molecule has 0 amide bonds. The van der Waals surface area contributed by atoms with Crippen LogP contribution in [0.1, 0.15) is 50.6 Å². The molecular formula is C14H22N2O2. The van der Waals surface area contributed by atoms with Crippen LogP contribution in [0.3, 0.4) is 0 Å². The van der Waals surface area contributed by atoms with E-state index in [2.05, 4.69) is 38.0 Å². The summed E-state index contributed by atoms with van der Waals surface area (Å²) in [6, 6.07) is 4.00. The summed E-state index contributed by atoms with van der Waals surface area (Å²) < 4.78 is 9.91. The van der Waals surface area contributed by atoms with E-state index in [1.54, 1.807) is 0 Å². The number of aromatic nitrogens is 2. The minimum absolute atomic E-state index is 0.938. The first-order chi connectivity index (χ1) is 8.73. The summed E-state index contributed by atoms with van der Waals surface area (Å²) in [5.41, 5.74) is 2.10. The highest BCUT2D eigenvalue weighted by Crippen LogP contribution is 2.04. The van der Waals surface area contributed by atoms with Gasteiger partial charge >= 0.3 is 0 Å². The smallest absolute Gasteiger partial charge is 0.136 e. The van der Waals surface area contributed by atoms with Crippen LogP contribution in [-0.2, 0) is 25.7 Å². The van der Waals surface area contributed by atoms with Crippen LogP contribution < -0.4 is 0 Å². The molecule has 0 unspecified atom stereocenters. The highest BCUT2D eigenvalue weighted by Gasteiger charge is 1.97. The summed E-state index contributed by atoms with van der Waals surface area (Å²) >= 11 is 0. The normalized spacial score (nSPS) is 10.0. The molecule has 100 valence electrons. The Labute approximate surface area is 108 Å². The molecule has 0 radical (unpaired) electrons. The summed E-state index contributed by atoms with van der Waals surface area (Å²) in [5.74, 6) is 1.96. The molecule has 0 saturated heterocycles. The second-order valence-corrected chi connectivity index (χ2v) is 3.98. The molecule has 4 nitrogen and oxygen atoms in total. The largest absolute Gasteiger partial charge is 0.361 e. The number of aryl methyl sites for hydroxylation is 4. The number of hydrogen-bond acceptors (Lipinski definition) is 4. The van der Waals surface area contributed by atoms with Gasteiger partial charge in [-0.3, -0.25) is 0 Å². The standard InChI is InChI=1S/2C7H11NO/c2*1-3-6-5-7(4-2)9-8-6/h2*5H,3-4H2,1-2H3. The molecule has 0 spiro atoms. The third kappa shape index (κ3) is 4.35. The third-order valence-corrected chi connectivity index (χ3v) is 2.64. The van der Waals surface area contributed by atoms with Crippen molar-refractivity contribution in [1.29, 1.82) is 0 Å². The maximum atomic E-state index is 4.95. The van der Waals surface area contributed by atoms with Crippen LogP contribution in [0.25, 0.3) is 0 Å². The van der Waals surface area contributed by atoms with Crippen LogP contribution in [0.2, 0.25) is 0 Å². The molecule has 0 aliphatic carbocycles. The van der Waals surface area contributed by atoms with Crippen LogP contribution in [0.5, 0.6) is 0 Å². The van der Waals surface area contributed by atoms with Gasteiger partial charge in [0.25, 0.3) is 0 Å². The van der Waals surface area contributed by atoms with Crippen molar-refractivity contribution in [3.8, 4) is 0 Å². The van der Waals surface area contributed by atoms with Crippen molar-refractivity contribution in [2.75, 3.05) is 0 Å². The predicted octanol–water partition coefficient (Wildman–Crippen LogP) is 3.60. The summed E-state index contributed by atoms with van der Waals surface area (Å²) in [6.07, 6.45) is 3.80. The zero-order chi connectivity index (χ0) is 13.4. The Bertz CT molecular complexity index is 367. The van der Waals surface area contributed by atoms with Crippen LogP contribution in [0.15, 0.2) is 21.2 Å². The van der Waals surface area contributed by atoms with E-state index in [0.717, 1.165) is 48.6 Å². The molecular weight excluding hydrogens is 228 g/mol. The lowest BCUT2D eigenvalue weighted by Crippen LogP contribution is -1.74. The Balaban J connectivity index is 0.000000180. The second kappa shape index (κ2) is 7.69. The molecule has 2 aromatic rings. The van der Waals surface area contributed by atoms with Crippen molar-refractivity contribution in [3.63, 3.8) is 0 Å². The average molecular weight is 250 g/mol. The lowest BCUT2D eigenvalue weighted by atomic mass is 10.3. The fraction of sp³-hybridized carbons (Fsp3) is 0.571.